The predicted molar refractivity (Wildman–Crippen MR) is 77.7 cm³/mol. The second-order valence-electron chi connectivity index (χ2n) is 5.39. The number of H-pyrrole nitrogens is 1. The lowest BCUT2D eigenvalue weighted by Gasteiger charge is -2.19. The molecule has 3 rings (SSSR count). The molecule has 2 aromatic rings. The van der Waals surface area contributed by atoms with Crippen LogP contribution in [0.25, 0.3) is 10.9 Å². The molecule has 5 nitrogen and oxygen atoms in total. The summed E-state index contributed by atoms with van der Waals surface area (Å²) in [6, 6.07) is 4.87. The number of fused-ring (bicyclic) bond motifs is 1. The van der Waals surface area contributed by atoms with Crippen LogP contribution in [0.15, 0.2) is 29.4 Å². The monoisotopic (exact) mass is 289 g/mol. The average molecular weight is 289 g/mol. The highest BCUT2D eigenvalue weighted by molar-refractivity contribution is 5.99. The number of hydrogen-bond acceptors (Lipinski definition) is 3. The van der Waals surface area contributed by atoms with Crippen LogP contribution in [0.3, 0.4) is 0 Å². The summed E-state index contributed by atoms with van der Waals surface area (Å²) in [4.78, 5) is 20.6. The molecule has 1 aliphatic heterocycles. The van der Waals surface area contributed by atoms with E-state index in [1.165, 1.54) is 12.1 Å². The van der Waals surface area contributed by atoms with Gasteiger partial charge in [0.2, 0.25) is 0 Å². The smallest absolute Gasteiger partial charge is 0.295 e. The van der Waals surface area contributed by atoms with Crippen LogP contribution in [-0.2, 0) is 9.53 Å². The molecule has 1 aromatic heterocycles. The summed E-state index contributed by atoms with van der Waals surface area (Å²) >= 11 is 0. The molecule has 0 fully saturated rings. The molecule has 2 atom stereocenters. The van der Waals surface area contributed by atoms with Gasteiger partial charge in [0, 0.05) is 37.1 Å². The van der Waals surface area contributed by atoms with Crippen molar-refractivity contribution in [3.63, 3.8) is 0 Å². The summed E-state index contributed by atoms with van der Waals surface area (Å²) in [5.74, 6) is -0.768. The van der Waals surface area contributed by atoms with Gasteiger partial charge in [-0.15, -0.1) is 0 Å². The number of carbonyl (C=O) groups is 1. The Balaban J connectivity index is 1.92. The van der Waals surface area contributed by atoms with E-state index >= 15 is 0 Å². The van der Waals surface area contributed by atoms with Crippen molar-refractivity contribution < 1.29 is 13.9 Å². The van der Waals surface area contributed by atoms with Gasteiger partial charge >= 0.3 is 0 Å². The lowest BCUT2D eigenvalue weighted by molar-refractivity contribution is -0.123. The van der Waals surface area contributed by atoms with E-state index in [0.29, 0.717) is 11.5 Å². The second-order valence-corrected chi connectivity index (χ2v) is 5.39. The second kappa shape index (κ2) is 4.87. The number of rotatable bonds is 2. The van der Waals surface area contributed by atoms with Gasteiger partial charge in [-0.1, -0.05) is 6.92 Å². The highest BCUT2D eigenvalue weighted by atomic mass is 19.1. The van der Waals surface area contributed by atoms with Gasteiger partial charge in [-0.05, 0) is 23.8 Å². The molecule has 1 aromatic carbocycles. The Morgan fingerprint density at radius 1 is 1.43 bits per heavy atom. The minimum atomic E-state index is -0.647. The average Bonchev–Trinajstić information content (AvgIpc) is 3.01. The number of halogens is 1. The van der Waals surface area contributed by atoms with Crippen molar-refractivity contribution >= 4 is 22.8 Å². The van der Waals surface area contributed by atoms with Crippen molar-refractivity contribution in [2.75, 3.05) is 14.1 Å². The number of nitrogens with one attached hydrogen (secondary N) is 1. The third-order valence-corrected chi connectivity index (χ3v) is 3.68. The summed E-state index contributed by atoms with van der Waals surface area (Å²) in [5, 5.41) is 0.888. The highest BCUT2D eigenvalue weighted by Crippen LogP contribution is 2.31. The first-order chi connectivity index (χ1) is 9.97. The van der Waals surface area contributed by atoms with Gasteiger partial charge in [0.05, 0.1) is 0 Å². The van der Waals surface area contributed by atoms with Crippen molar-refractivity contribution in [2.45, 2.75) is 18.9 Å². The maximum Gasteiger partial charge on any atom is 0.295 e. The van der Waals surface area contributed by atoms with Gasteiger partial charge in [0.25, 0.3) is 11.9 Å². The summed E-state index contributed by atoms with van der Waals surface area (Å²) in [6.07, 6.45) is 1.14. The number of nitrogens with zero attached hydrogens (tertiary/aromatic N) is 2. The normalized spacial score (nSPS) is 19.5. The maximum absolute atomic E-state index is 13.2. The first-order valence-corrected chi connectivity index (χ1v) is 6.70. The molecule has 2 unspecified atom stereocenters. The predicted octanol–water partition coefficient (Wildman–Crippen LogP) is 2.25. The van der Waals surface area contributed by atoms with Gasteiger partial charge in [0.1, 0.15) is 5.82 Å². The van der Waals surface area contributed by atoms with Crippen molar-refractivity contribution in [3.05, 3.63) is 35.8 Å². The molecule has 1 amide bonds. The Kier molecular flexibility index (Phi) is 3.16. The van der Waals surface area contributed by atoms with E-state index in [1.807, 2.05) is 6.92 Å². The minimum absolute atomic E-state index is 0.182. The molecule has 0 bridgehead atoms. The molecule has 0 radical (unpaired) electrons. The van der Waals surface area contributed by atoms with Crippen LogP contribution in [0.4, 0.5) is 4.39 Å². The third-order valence-electron chi connectivity index (χ3n) is 3.68. The zero-order chi connectivity index (χ0) is 15.1. The third kappa shape index (κ3) is 2.26. The van der Waals surface area contributed by atoms with Crippen LogP contribution >= 0.6 is 0 Å². The molecule has 1 N–H and O–H groups in total. The molecule has 110 valence electrons. The number of carbonyl (C=O) groups excluding carboxylic acids is 1. The number of ether oxygens (including phenoxy) is 1. The zero-order valence-corrected chi connectivity index (χ0v) is 12.1. The number of aromatic amines is 1. The van der Waals surface area contributed by atoms with Crippen LogP contribution in [0, 0.1) is 5.82 Å². The van der Waals surface area contributed by atoms with E-state index in [0.717, 1.165) is 10.9 Å². The van der Waals surface area contributed by atoms with Crippen LogP contribution < -0.4 is 0 Å². The Hall–Kier alpha value is -2.37. The molecule has 2 heterocycles. The van der Waals surface area contributed by atoms with Gasteiger partial charge in [-0.3, -0.25) is 4.79 Å². The van der Waals surface area contributed by atoms with Gasteiger partial charge in [-0.25, -0.2) is 4.39 Å². The van der Waals surface area contributed by atoms with Gasteiger partial charge < -0.3 is 14.6 Å². The number of hydrogen-bond donors (Lipinski definition) is 1. The summed E-state index contributed by atoms with van der Waals surface area (Å²) in [5.41, 5.74) is 1.62. The van der Waals surface area contributed by atoms with Crippen LogP contribution in [-0.4, -0.2) is 42.0 Å². The van der Waals surface area contributed by atoms with E-state index in [1.54, 1.807) is 31.3 Å². The molecule has 0 saturated heterocycles. The first kappa shape index (κ1) is 13.6. The molecule has 0 aliphatic carbocycles. The van der Waals surface area contributed by atoms with Crippen LogP contribution in [0.1, 0.15) is 18.4 Å². The van der Waals surface area contributed by atoms with E-state index in [2.05, 4.69) is 9.98 Å². The highest BCUT2D eigenvalue weighted by Gasteiger charge is 2.36. The zero-order valence-electron chi connectivity index (χ0n) is 12.1. The number of aliphatic imine (C=N–C) groups is 1. The molecule has 0 saturated carbocycles. The maximum atomic E-state index is 13.2. The van der Waals surface area contributed by atoms with Crippen molar-refractivity contribution in [2.24, 2.45) is 4.99 Å². The quantitative estimate of drug-likeness (QED) is 0.922. The lowest BCUT2D eigenvalue weighted by Crippen LogP contribution is -2.28. The Morgan fingerprint density at radius 3 is 2.86 bits per heavy atom. The van der Waals surface area contributed by atoms with Crippen LogP contribution in [0.5, 0.6) is 0 Å². The van der Waals surface area contributed by atoms with Crippen molar-refractivity contribution in [1.29, 1.82) is 0 Å². The standard InChI is InChI=1S/C15H16FN3O2/c1-8(13-14(20)18-15(21-13)19(2)3)11-7-17-12-6-9(16)4-5-10(11)12/h4-8,13,17H,1-3H3. The molecular formula is C15H16FN3O2. The number of amidine groups is 1. The Morgan fingerprint density at radius 2 is 2.19 bits per heavy atom. The fraction of sp³-hybridized carbons (Fsp3) is 0.333. The van der Waals surface area contributed by atoms with E-state index in [9.17, 15) is 9.18 Å². The largest absolute Gasteiger partial charge is 0.451 e. The molecule has 1 aliphatic rings. The summed E-state index contributed by atoms with van der Waals surface area (Å²) in [7, 11) is 3.54. The topological polar surface area (TPSA) is 57.7 Å². The van der Waals surface area contributed by atoms with E-state index in [4.69, 9.17) is 4.74 Å². The molecule has 21 heavy (non-hydrogen) atoms. The van der Waals surface area contributed by atoms with Crippen molar-refractivity contribution in [3.8, 4) is 0 Å². The van der Waals surface area contributed by atoms with Crippen molar-refractivity contribution in [1.82, 2.24) is 9.88 Å². The first-order valence-electron chi connectivity index (χ1n) is 6.70. The summed E-state index contributed by atoms with van der Waals surface area (Å²) < 4.78 is 18.9. The number of aromatic nitrogens is 1. The van der Waals surface area contributed by atoms with Gasteiger partial charge in [-0.2, -0.15) is 4.99 Å². The summed E-state index contributed by atoms with van der Waals surface area (Å²) in [6.45, 7) is 1.91. The molecule has 6 heteroatoms. The Labute approximate surface area is 121 Å². The fourth-order valence-corrected chi connectivity index (χ4v) is 2.53. The van der Waals surface area contributed by atoms with Gasteiger partial charge in [0.15, 0.2) is 6.10 Å². The molecular weight excluding hydrogens is 273 g/mol. The van der Waals surface area contributed by atoms with Crippen LogP contribution in [0.2, 0.25) is 0 Å². The fourth-order valence-electron chi connectivity index (χ4n) is 2.53. The lowest BCUT2D eigenvalue weighted by atomic mass is 9.94. The number of amides is 1. The molecule has 0 spiro atoms. The van der Waals surface area contributed by atoms with E-state index < -0.39 is 6.10 Å². The minimum Gasteiger partial charge on any atom is -0.451 e. The number of benzene rings is 1. The Bertz CT molecular complexity index is 736. The SMILES string of the molecule is CC(c1c[nH]c2cc(F)ccc12)C1OC(N(C)C)=NC1=O. The van der Waals surface area contributed by atoms with E-state index in [-0.39, 0.29) is 17.6 Å².